The van der Waals surface area contributed by atoms with E-state index in [9.17, 15) is 9.90 Å². The van der Waals surface area contributed by atoms with Gasteiger partial charge in [-0.05, 0) is 48.2 Å². The Kier molecular flexibility index (Phi) is 4.84. The van der Waals surface area contributed by atoms with Gasteiger partial charge in [0.1, 0.15) is 0 Å². The highest BCUT2D eigenvalue weighted by Crippen LogP contribution is 2.27. The Morgan fingerprint density at radius 3 is 2.65 bits per heavy atom. The van der Waals surface area contributed by atoms with E-state index in [0.29, 0.717) is 11.4 Å². The SMILES string of the molecule is Cc1ccc(CC(C(=O)O)c2cccc(Br)c2)c(Cl)c1. The van der Waals surface area contributed by atoms with Crippen molar-refractivity contribution in [2.24, 2.45) is 0 Å². The summed E-state index contributed by atoms with van der Waals surface area (Å²) in [4.78, 5) is 11.5. The van der Waals surface area contributed by atoms with Crippen LogP contribution in [0.1, 0.15) is 22.6 Å². The molecule has 1 N–H and O–H groups in total. The summed E-state index contributed by atoms with van der Waals surface area (Å²) in [6.07, 6.45) is 0.380. The second-order valence-electron chi connectivity index (χ2n) is 4.74. The van der Waals surface area contributed by atoms with Crippen LogP contribution in [0.2, 0.25) is 5.02 Å². The fraction of sp³-hybridized carbons (Fsp3) is 0.188. The molecule has 0 saturated heterocycles. The molecule has 0 heterocycles. The van der Waals surface area contributed by atoms with Crippen LogP contribution in [0.3, 0.4) is 0 Å². The fourth-order valence-electron chi connectivity index (χ4n) is 2.11. The first kappa shape index (κ1) is 15.1. The molecule has 0 spiro atoms. The average Bonchev–Trinajstić information content (AvgIpc) is 2.37. The van der Waals surface area contributed by atoms with Crippen LogP contribution in [-0.4, -0.2) is 11.1 Å². The molecular formula is C16H14BrClO2. The summed E-state index contributed by atoms with van der Waals surface area (Å²) in [5.74, 6) is -1.45. The van der Waals surface area contributed by atoms with Gasteiger partial charge in [0, 0.05) is 9.50 Å². The third-order valence-electron chi connectivity index (χ3n) is 3.18. The van der Waals surface area contributed by atoms with Crippen LogP contribution in [0.15, 0.2) is 46.9 Å². The molecule has 0 aromatic heterocycles. The molecule has 4 heteroatoms. The molecule has 0 saturated carbocycles. The number of carboxylic acid groups (broad SMARTS) is 1. The van der Waals surface area contributed by atoms with Gasteiger partial charge in [-0.3, -0.25) is 4.79 Å². The van der Waals surface area contributed by atoms with Gasteiger partial charge in [0.15, 0.2) is 0 Å². The zero-order chi connectivity index (χ0) is 14.7. The number of benzene rings is 2. The molecular weight excluding hydrogens is 340 g/mol. The summed E-state index contributed by atoms with van der Waals surface area (Å²) in [6.45, 7) is 1.96. The molecule has 2 aromatic carbocycles. The average molecular weight is 354 g/mol. The molecule has 0 amide bonds. The van der Waals surface area contributed by atoms with Gasteiger partial charge in [0.2, 0.25) is 0 Å². The van der Waals surface area contributed by atoms with Crippen LogP contribution in [0.25, 0.3) is 0 Å². The lowest BCUT2D eigenvalue weighted by Crippen LogP contribution is -2.14. The molecule has 1 unspecified atom stereocenters. The minimum absolute atomic E-state index is 0.380. The number of carbonyl (C=O) groups is 1. The summed E-state index contributed by atoms with van der Waals surface area (Å²) in [5, 5.41) is 10.1. The van der Waals surface area contributed by atoms with Crippen molar-refractivity contribution >= 4 is 33.5 Å². The molecule has 0 aliphatic rings. The predicted molar refractivity (Wildman–Crippen MR) is 84.4 cm³/mol. The first-order valence-electron chi connectivity index (χ1n) is 6.20. The van der Waals surface area contributed by atoms with Crippen LogP contribution >= 0.6 is 27.5 Å². The number of halogens is 2. The van der Waals surface area contributed by atoms with Crippen molar-refractivity contribution in [1.82, 2.24) is 0 Å². The van der Waals surface area contributed by atoms with Crippen molar-refractivity contribution in [3.8, 4) is 0 Å². The van der Waals surface area contributed by atoms with Crippen LogP contribution < -0.4 is 0 Å². The zero-order valence-electron chi connectivity index (χ0n) is 10.9. The molecule has 2 nitrogen and oxygen atoms in total. The van der Waals surface area contributed by atoms with Crippen molar-refractivity contribution in [1.29, 1.82) is 0 Å². The Morgan fingerprint density at radius 1 is 1.30 bits per heavy atom. The molecule has 0 aliphatic heterocycles. The van der Waals surface area contributed by atoms with Gasteiger partial charge in [-0.1, -0.05) is 51.8 Å². The topological polar surface area (TPSA) is 37.3 Å². The summed E-state index contributed by atoms with van der Waals surface area (Å²) in [6, 6.07) is 13.1. The van der Waals surface area contributed by atoms with Crippen LogP contribution in [0.4, 0.5) is 0 Å². The first-order valence-corrected chi connectivity index (χ1v) is 7.38. The largest absolute Gasteiger partial charge is 0.481 e. The van der Waals surface area contributed by atoms with Crippen molar-refractivity contribution < 1.29 is 9.90 Å². The Bertz CT molecular complexity index is 640. The van der Waals surface area contributed by atoms with E-state index in [1.54, 1.807) is 0 Å². The van der Waals surface area contributed by atoms with Crippen molar-refractivity contribution in [2.45, 2.75) is 19.3 Å². The van der Waals surface area contributed by atoms with E-state index in [2.05, 4.69) is 15.9 Å². The molecule has 0 bridgehead atoms. The van der Waals surface area contributed by atoms with Crippen molar-refractivity contribution in [3.05, 3.63) is 68.7 Å². The second-order valence-corrected chi connectivity index (χ2v) is 6.07. The molecule has 2 rings (SSSR count). The Morgan fingerprint density at radius 2 is 2.05 bits per heavy atom. The highest BCUT2D eigenvalue weighted by molar-refractivity contribution is 9.10. The number of hydrogen-bond donors (Lipinski definition) is 1. The van der Waals surface area contributed by atoms with Gasteiger partial charge in [0.25, 0.3) is 0 Å². The Balaban J connectivity index is 2.33. The summed E-state index contributed by atoms with van der Waals surface area (Å²) in [5.41, 5.74) is 2.68. The Hall–Kier alpha value is -1.32. The van der Waals surface area contributed by atoms with Gasteiger partial charge in [-0.15, -0.1) is 0 Å². The molecule has 20 heavy (non-hydrogen) atoms. The smallest absolute Gasteiger partial charge is 0.311 e. The van der Waals surface area contributed by atoms with E-state index in [0.717, 1.165) is 21.2 Å². The lowest BCUT2D eigenvalue weighted by molar-refractivity contribution is -0.138. The minimum Gasteiger partial charge on any atom is -0.481 e. The van der Waals surface area contributed by atoms with E-state index in [4.69, 9.17) is 11.6 Å². The maximum Gasteiger partial charge on any atom is 0.311 e. The fourth-order valence-corrected chi connectivity index (χ4v) is 2.84. The lowest BCUT2D eigenvalue weighted by atomic mass is 9.92. The molecule has 0 radical (unpaired) electrons. The lowest BCUT2D eigenvalue weighted by Gasteiger charge is -2.14. The summed E-state index contributed by atoms with van der Waals surface area (Å²) >= 11 is 9.56. The van der Waals surface area contributed by atoms with E-state index in [-0.39, 0.29) is 0 Å². The second kappa shape index (κ2) is 6.42. The predicted octanol–water partition coefficient (Wildman–Crippen LogP) is 4.82. The van der Waals surface area contributed by atoms with E-state index in [1.165, 1.54) is 0 Å². The molecule has 0 fully saturated rings. The summed E-state index contributed by atoms with van der Waals surface area (Å²) < 4.78 is 0.872. The van der Waals surface area contributed by atoms with Crippen LogP contribution in [0, 0.1) is 6.92 Å². The molecule has 0 aliphatic carbocycles. The number of rotatable bonds is 4. The number of aryl methyl sites for hydroxylation is 1. The quantitative estimate of drug-likeness (QED) is 0.855. The number of hydrogen-bond acceptors (Lipinski definition) is 1. The van der Waals surface area contributed by atoms with Gasteiger partial charge in [-0.25, -0.2) is 0 Å². The maximum atomic E-state index is 11.5. The zero-order valence-corrected chi connectivity index (χ0v) is 13.3. The van der Waals surface area contributed by atoms with E-state index < -0.39 is 11.9 Å². The van der Waals surface area contributed by atoms with Gasteiger partial charge in [-0.2, -0.15) is 0 Å². The number of carboxylic acids is 1. The van der Waals surface area contributed by atoms with Gasteiger partial charge < -0.3 is 5.11 Å². The van der Waals surface area contributed by atoms with E-state index in [1.807, 2.05) is 49.4 Å². The molecule has 2 aromatic rings. The highest BCUT2D eigenvalue weighted by Gasteiger charge is 2.21. The Labute approximate surface area is 131 Å². The third-order valence-corrected chi connectivity index (χ3v) is 4.03. The van der Waals surface area contributed by atoms with E-state index >= 15 is 0 Å². The maximum absolute atomic E-state index is 11.5. The first-order chi connectivity index (χ1) is 9.47. The number of aliphatic carboxylic acids is 1. The normalized spacial score (nSPS) is 12.2. The third kappa shape index (κ3) is 3.62. The van der Waals surface area contributed by atoms with Crippen LogP contribution in [-0.2, 0) is 11.2 Å². The van der Waals surface area contributed by atoms with Crippen LogP contribution in [0.5, 0.6) is 0 Å². The van der Waals surface area contributed by atoms with Crippen molar-refractivity contribution in [2.75, 3.05) is 0 Å². The summed E-state index contributed by atoms with van der Waals surface area (Å²) in [7, 11) is 0. The van der Waals surface area contributed by atoms with Gasteiger partial charge in [0.05, 0.1) is 5.92 Å². The minimum atomic E-state index is -0.847. The monoisotopic (exact) mass is 352 g/mol. The molecule has 1 atom stereocenters. The standard InChI is InChI=1S/C16H14BrClO2/c1-10-5-6-12(15(18)7-10)9-14(16(19)20)11-3-2-4-13(17)8-11/h2-8,14H,9H2,1H3,(H,19,20). The molecule has 104 valence electrons. The van der Waals surface area contributed by atoms with Crippen molar-refractivity contribution in [3.63, 3.8) is 0 Å². The van der Waals surface area contributed by atoms with Gasteiger partial charge >= 0.3 is 5.97 Å². The highest BCUT2D eigenvalue weighted by atomic mass is 79.9.